The van der Waals surface area contributed by atoms with Gasteiger partial charge in [0.25, 0.3) is 5.56 Å². The van der Waals surface area contributed by atoms with E-state index in [-0.39, 0.29) is 17.9 Å². The van der Waals surface area contributed by atoms with Gasteiger partial charge in [0.1, 0.15) is 5.65 Å². The molecule has 3 rings (SSSR count). The summed E-state index contributed by atoms with van der Waals surface area (Å²) >= 11 is 0. The number of aryl methyl sites for hydroxylation is 4. The molecule has 0 saturated carbocycles. The van der Waals surface area contributed by atoms with Gasteiger partial charge >= 0.3 is 0 Å². The molecule has 144 valence electrons. The first-order chi connectivity index (χ1) is 12.9. The summed E-state index contributed by atoms with van der Waals surface area (Å²) in [6.07, 6.45) is 3.68. The Labute approximate surface area is 157 Å². The van der Waals surface area contributed by atoms with Crippen LogP contribution >= 0.6 is 0 Å². The molecular weight excluding hydrogens is 344 g/mol. The highest BCUT2D eigenvalue weighted by molar-refractivity contribution is 5.90. The van der Waals surface area contributed by atoms with Gasteiger partial charge in [0.05, 0.1) is 5.69 Å². The number of aromatic amines is 2. The number of nitrogens with one attached hydrogen (secondary N) is 3. The fraction of sp³-hybridized carbons (Fsp3) is 0.474. The molecule has 3 heterocycles. The van der Waals surface area contributed by atoms with Gasteiger partial charge in [-0.25, -0.2) is 0 Å². The molecule has 0 radical (unpaired) electrons. The number of carbonyl (C=O) groups excluding carboxylic acids is 1. The molecule has 8 nitrogen and oxygen atoms in total. The third kappa shape index (κ3) is 3.94. The van der Waals surface area contributed by atoms with Crippen LogP contribution in [0.3, 0.4) is 0 Å². The van der Waals surface area contributed by atoms with Crippen molar-refractivity contribution < 1.29 is 4.79 Å². The third-order valence-corrected chi connectivity index (χ3v) is 4.86. The highest BCUT2D eigenvalue weighted by atomic mass is 16.1. The number of anilines is 1. The summed E-state index contributed by atoms with van der Waals surface area (Å²) in [4.78, 5) is 27.6. The van der Waals surface area contributed by atoms with Gasteiger partial charge in [-0.1, -0.05) is 13.3 Å². The maximum Gasteiger partial charge on any atom is 0.253 e. The lowest BCUT2D eigenvalue weighted by Crippen LogP contribution is -2.19. The molecule has 0 aliphatic carbocycles. The van der Waals surface area contributed by atoms with Crippen LogP contribution in [-0.2, 0) is 24.7 Å². The minimum atomic E-state index is -0.169. The lowest BCUT2D eigenvalue weighted by Gasteiger charge is -2.07. The number of hydrogen-bond donors (Lipinski definition) is 3. The lowest BCUT2D eigenvalue weighted by molar-refractivity contribution is -0.116. The summed E-state index contributed by atoms with van der Waals surface area (Å²) in [7, 11) is 1.80. The fourth-order valence-corrected chi connectivity index (χ4v) is 3.42. The smallest absolute Gasteiger partial charge is 0.253 e. The Hall–Kier alpha value is -2.90. The van der Waals surface area contributed by atoms with Gasteiger partial charge in [0.2, 0.25) is 5.91 Å². The topological polar surface area (TPSA) is 108 Å². The Balaban J connectivity index is 1.69. The summed E-state index contributed by atoms with van der Waals surface area (Å²) in [6, 6.07) is 1.86. The molecule has 1 amide bonds. The molecule has 0 fully saturated rings. The van der Waals surface area contributed by atoms with E-state index in [0.29, 0.717) is 23.4 Å². The summed E-state index contributed by atoms with van der Waals surface area (Å²) in [5, 5.41) is 15.2. The number of pyridine rings is 1. The van der Waals surface area contributed by atoms with Crippen molar-refractivity contribution in [1.82, 2.24) is 25.0 Å². The van der Waals surface area contributed by atoms with Crippen molar-refractivity contribution in [2.24, 2.45) is 7.05 Å². The summed E-state index contributed by atoms with van der Waals surface area (Å²) in [5.74, 6) is 0.362. The quantitative estimate of drug-likeness (QED) is 0.594. The molecule has 0 atom stereocenters. The van der Waals surface area contributed by atoms with E-state index in [1.165, 1.54) is 0 Å². The van der Waals surface area contributed by atoms with E-state index in [2.05, 4.69) is 32.5 Å². The van der Waals surface area contributed by atoms with E-state index in [0.717, 1.165) is 41.6 Å². The van der Waals surface area contributed by atoms with Gasteiger partial charge in [-0.05, 0) is 38.7 Å². The fourth-order valence-electron chi connectivity index (χ4n) is 3.42. The van der Waals surface area contributed by atoms with Crippen LogP contribution in [0.2, 0.25) is 0 Å². The predicted molar refractivity (Wildman–Crippen MR) is 105 cm³/mol. The zero-order valence-electron chi connectivity index (χ0n) is 16.3. The predicted octanol–water partition coefficient (Wildman–Crippen LogP) is 2.52. The Morgan fingerprint density at radius 2 is 2.07 bits per heavy atom. The van der Waals surface area contributed by atoms with Gasteiger partial charge in [0, 0.05) is 36.2 Å². The van der Waals surface area contributed by atoms with E-state index >= 15 is 0 Å². The van der Waals surface area contributed by atoms with Crippen molar-refractivity contribution in [3.05, 3.63) is 38.9 Å². The van der Waals surface area contributed by atoms with Crippen LogP contribution in [0, 0.1) is 13.8 Å². The maximum atomic E-state index is 12.4. The number of carbonyl (C=O) groups is 1. The number of aromatic nitrogens is 5. The van der Waals surface area contributed by atoms with Crippen molar-refractivity contribution in [3.8, 4) is 0 Å². The van der Waals surface area contributed by atoms with Crippen molar-refractivity contribution >= 4 is 22.8 Å². The Bertz CT molecular complexity index is 1030. The van der Waals surface area contributed by atoms with Crippen LogP contribution in [0.4, 0.5) is 5.82 Å². The highest BCUT2D eigenvalue weighted by Gasteiger charge is 2.16. The molecule has 0 unspecified atom stereocenters. The zero-order chi connectivity index (χ0) is 19.6. The normalized spacial score (nSPS) is 11.3. The zero-order valence-corrected chi connectivity index (χ0v) is 16.3. The minimum absolute atomic E-state index is 0.162. The van der Waals surface area contributed by atoms with Gasteiger partial charge in [0.15, 0.2) is 5.82 Å². The maximum absolute atomic E-state index is 12.4. The molecule has 0 bridgehead atoms. The molecule has 3 aromatic rings. The van der Waals surface area contributed by atoms with E-state index in [4.69, 9.17) is 0 Å². The number of fused-ring (bicyclic) bond motifs is 1. The second-order valence-electron chi connectivity index (χ2n) is 6.92. The number of amides is 1. The summed E-state index contributed by atoms with van der Waals surface area (Å²) < 4.78 is 1.67. The summed E-state index contributed by atoms with van der Waals surface area (Å²) in [6.45, 7) is 5.96. The molecule has 27 heavy (non-hydrogen) atoms. The molecule has 3 aromatic heterocycles. The monoisotopic (exact) mass is 370 g/mol. The van der Waals surface area contributed by atoms with Crippen LogP contribution in [0.25, 0.3) is 11.0 Å². The Morgan fingerprint density at radius 1 is 1.30 bits per heavy atom. The first-order valence-electron chi connectivity index (χ1n) is 9.30. The van der Waals surface area contributed by atoms with Crippen molar-refractivity contribution in [2.75, 3.05) is 5.32 Å². The van der Waals surface area contributed by atoms with Crippen LogP contribution in [0.5, 0.6) is 0 Å². The van der Waals surface area contributed by atoms with E-state index < -0.39 is 0 Å². The molecule has 8 heteroatoms. The molecule has 3 N–H and O–H groups in total. The standard InChI is InChI=1S/C19H26N6O2/c1-5-6-7-13-10-15(23-22-13)20-16(26)9-8-14-11(2)17-12(3)24-25(4)18(17)21-19(14)27/h10H,5-9H2,1-4H3,(H,21,27)(H2,20,22,23,26). The first-order valence-corrected chi connectivity index (χ1v) is 9.30. The lowest BCUT2D eigenvalue weighted by atomic mass is 10.0. The largest absolute Gasteiger partial charge is 0.309 e. The second kappa shape index (κ2) is 7.77. The average Bonchev–Trinajstić information content (AvgIpc) is 3.17. The second-order valence-corrected chi connectivity index (χ2v) is 6.92. The van der Waals surface area contributed by atoms with Crippen molar-refractivity contribution in [1.29, 1.82) is 0 Å². The molecular formula is C19H26N6O2. The van der Waals surface area contributed by atoms with Crippen LogP contribution in [0.15, 0.2) is 10.9 Å². The average molecular weight is 370 g/mol. The van der Waals surface area contributed by atoms with Crippen molar-refractivity contribution in [3.63, 3.8) is 0 Å². The van der Waals surface area contributed by atoms with Crippen molar-refractivity contribution in [2.45, 2.75) is 52.9 Å². The molecule has 0 aliphatic heterocycles. The molecule has 0 spiro atoms. The molecule has 0 aromatic carbocycles. The highest BCUT2D eigenvalue weighted by Crippen LogP contribution is 2.21. The van der Waals surface area contributed by atoms with E-state index in [1.54, 1.807) is 11.7 Å². The number of H-pyrrole nitrogens is 2. The molecule has 0 saturated heterocycles. The van der Waals surface area contributed by atoms with Gasteiger partial charge in [-0.3, -0.25) is 19.4 Å². The first kappa shape index (κ1) is 18.9. The van der Waals surface area contributed by atoms with Gasteiger partial charge in [-0.2, -0.15) is 10.2 Å². The third-order valence-electron chi connectivity index (χ3n) is 4.86. The van der Waals surface area contributed by atoms with E-state index in [1.807, 2.05) is 19.9 Å². The number of hydrogen-bond acceptors (Lipinski definition) is 4. The Morgan fingerprint density at radius 3 is 2.81 bits per heavy atom. The van der Waals surface area contributed by atoms with Crippen LogP contribution in [-0.4, -0.2) is 30.9 Å². The number of unbranched alkanes of at least 4 members (excludes halogenated alkanes) is 1. The summed E-state index contributed by atoms with van der Waals surface area (Å²) in [5.41, 5.74) is 3.92. The van der Waals surface area contributed by atoms with Crippen LogP contribution < -0.4 is 10.9 Å². The van der Waals surface area contributed by atoms with Gasteiger partial charge in [-0.15, -0.1) is 0 Å². The number of rotatable bonds is 7. The van der Waals surface area contributed by atoms with Crippen LogP contribution in [0.1, 0.15) is 48.7 Å². The molecule has 0 aliphatic rings. The Kier molecular flexibility index (Phi) is 5.43. The SMILES string of the molecule is CCCCc1cc(NC(=O)CCc2c(C)c3c(C)nn(C)c3[nH]c2=O)n[nH]1. The minimum Gasteiger partial charge on any atom is -0.309 e. The van der Waals surface area contributed by atoms with E-state index in [9.17, 15) is 9.59 Å². The number of nitrogens with zero attached hydrogens (tertiary/aromatic N) is 3. The van der Waals surface area contributed by atoms with Gasteiger partial charge < -0.3 is 10.3 Å².